The van der Waals surface area contributed by atoms with Crippen molar-refractivity contribution < 1.29 is 19.1 Å². The molecule has 0 aliphatic carbocycles. The van der Waals surface area contributed by atoms with Gasteiger partial charge in [0.05, 0.1) is 17.6 Å². The first-order chi connectivity index (χ1) is 10.0. The summed E-state index contributed by atoms with van der Waals surface area (Å²) in [6.45, 7) is -0.00273. The molecular formula is C12H12FN5O3. The fourth-order valence-corrected chi connectivity index (χ4v) is 1.69. The van der Waals surface area contributed by atoms with E-state index in [0.717, 1.165) is 6.07 Å². The number of carboxylic acid groups (broad SMARTS) is 1. The minimum Gasteiger partial charge on any atom is -0.478 e. The van der Waals surface area contributed by atoms with Crippen LogP contribution >= 0.6 is 0 Å². The van der Waals surface area contributed by atoms with Crippen molar-refractivity contribution in [3.05, 3.63) is 41.5 Å². The molecule has 8 nitrogen and oxygen atoms in total. The van der Waals surface area contributed by atoms with Crippen LogP contribution in [0.15, 0.2) is 24.4 Å². The number of amides is 1. The first-order valence-corrected chi connectivity index (χ1v) is 5.92. The van der Waals surface area contributed by atoms with Gasteiger partial charge in [-0.3, -0.25) is 4.79 Å². The minimum atomic E-state index is -1.46. The van der Waals surface area contributed by atoms with Crippen molar-refractivity contribution in [1.29, 1.82) is 0 Å². The quantitative estimate of drug-likeness (QED) is 0.724. The van der Waals surface area contributed by atoms with Crippen molar-refractivity contribution in [3.8, 4) is 0 Å². The number of carbonyl (C=O) groups is 2. The summed E-state index contributed by atoms with van der Waals surface area (Å²) < 4.78 is 14.7. The molecule has 1 aromatic carbocycles. The highest BCUT2D eigenvalue weighted by Crippen LogP contribution is 2.18. The van der Waals surface area contributed by atoms with Gasteiger partial charge in [0.25, 0.3) is 0 Å². The smallest absolute Gasteiger partial charge is 0.340 e. The van der Waals surface area contributed by atoms with Crippen LogP contribution in [0.2, 0.25) is 0 Å². The Balaban J connectivity index is 2.13. The molecule has 1 amide bonds. The molecule has 0 atom stereocenters. The number of halogens is 1. The molecule has 2 aromatic rings. The zero-order valence-corrected chi connectivity index (χ0v) is 10.8. The summed E-state index contributed by atoms with van der Waals surface area (Å²) in [6.07, 6.45) is 1.49. The van der Waals surface area contributed by atoms with Crippen molar-refractivity contribution >= 4 is 17.6 Å². The van der Waals surface area contributed by atoms with E-state index < -0.39 is 23.3 Å². The standard InChI is InChI=1S/C12H12FN5O3/c13-8-2-1-3-9(11(8)12(20)21)15-10(19)6-18-5-7(4-14)16-17-18/h1-3,5H,4,6,14H2,(H,15,19)(H,20,21). The van der Waals surface area contributed by atoms with Gasteiger partial charge in [0.1, 0.15) is 17.9 Å². The normalized spacial score (nSPS) is 10.4. The second-order valence-corrected chi connectivity index (χ2v) is 4.13. The molecule has 0 aliphatic heterocycles. The Hall–Kier alpha value is -2.81. The fraction of sp³-hybridized carbons (Fsp3) is 0.167. The molecule has 0 radical (unpaired) electrons. The third-order valence-corrected chi connectivity index (χ3v) is 2.60. The average molecular weight is 293 g/mol. The number of rotatable bonds is 5. The van der Waals surface area contributed by atoms with Crippen molar-refractivity contribution in [1.82, 2.24) is 15.0 Å². The van der Waals surface area contributed by atoms with Crippen molar-refractivity contribution in [3.63, 3.8) is 0 Å². The van der Waals surface area contributed by atoms with Crippen LogP contribution in [-0.4, -0.2) is 32.0 Å². The van der Waals surface area contributed by atoms with Gasteiger partial charge in [-0.15, -0.1) is 5.10 Å². The first-order valence-electron chi connectivity index (χ1n) is 5.92. The molecule has 0 fully saturated rings. The lowest BCUT2D eigenvalue weighted by Gasteiger charge is -2.08. The summed E-state index contributed by atoms with van der Waals surface area (Å²) in [5.41, 5.74) is 5.17. The fourth-order valence-electron chi connectivity index (χ4n) is 1.69. The van der Waals surface area contributed by atoms with E-state index in [4.69, 9.17) is 10.8 Å². The molecule has 0 unspecified atom stereocenters. The van der Waals surface area contributed by atoms with Crippen molar-refractivity contribution in [2.45, 2.75) is 13.1 Å². The van der Waals surface area contributed by atoms with Gasteiger partial charge in [-0.2, -0.15) is 0 Å². The van der Waals surface area contributed by atoms with E-state index in [0.29, 0.717) is 5.69 Å². The zero-order valence-electron chi connectivity index (χ0n) is 10.8. The largest absolute Gasteiger partial charge is 0.478 e. The second-order valence-electron chi connectivity index (χ2n) is 4.13. The highest BCUT2D eigenvalue weighted by atomic mass is 19.1. The number of hydrogen-bond donors (Lipinski definition) is 3. The van der Waals surface area contributed by atoms with Gasteiger partial charge in [-0.1, -0.05) is 11.3 Å². The SMILES string of the molecule is NCc1cn(CC(=O)Nc2cccc(F)c2C(=O)O)nn1. The van der Waals surface area contributed by atoms with E-state index in [1.165, 1.54) is 23.0 Å². The lowest BCUT2D eigenvalue weighted by Crippen LogP contribution is -2.21. The van der Waals surface area contributed by atoms with Gasteiger partial charge in [-0.25, -0.2) is 13.9 Å². The van der Waals surface area contributed by atoms with E-state index in [9.17, 15) is 14.0 Å². The number of benzene rings is 1. The maximum atomic E-state index is 13.5. The number of anilines is 1. The number of carboxylic acids is 1. The topological polar surface area (TPSA) is 123 Å². The van der Waals surface area contributed by atoms with Crippen molar-refractivity contribution in [2.75, 3.05) is 5.32 Å². The highest BCUT2D eigenvalue weighted by Gasteiger charge is 2.17. The van der Waals surface area contributed by atoms with Crippen molar-refractivity contribution in [2.24, 2.45) is 5.73 Å². The maximum Gasteiger partial charge on any atom is 0.340 e. The van der Waals surface area contributed by atoms with Crippen LogP contribution in [0.3, 0.4) is 0 Å². The molecule has 1 heterocycles. The number of nitrogens with two attached hydrogens (primary N) is 1. The van der Waals surface area contributed by atoms with Gasteiger partial charge in [0.15, 0.2) is 0 Å². The lowest BCUT2D eigenvalue weighted by molar-refractivity contribution is -0.116. The maximum absolute atomic E-state index is 13.5. The van der Waals surface area contributed by atoms with E-state index in [1.54, 1.807) is 0 Å². The zero-order chi connectivity index (χ0) is 15.4. The summed E-state index contributed by atoms with van der Waals surface area (Å²) in [5, 5.41) is 18.7. The molecule has 110 valence electrons. The molecule has 0 bridgehead atoms. The summed E-state index contributed by atoms with van der Waals surface area (Å²) in [4.78, 5) is 22.8. The average Bonchev–Trinajstić information content (AvgIpc) is 2.85. The third-order valence-electron chi connectivity index (χ3n) is 2.60. The summed E-state index contributed by atoms with van der Waals surface area (Å²) in [6, 6.07) is 3.61. The second kappa shape index (κ2) is 6.09. The van der Waals surface area contributed by atoms with E-state index in [1.807, 2.05) is 0 Å². The Morgan fingerprint density at radius 2 is 2.19 bits per heavy atom. The van der Waals surface area contributed by atoms with Crippen LogP contribution in [0.4, 0.5) is 10.1 Å². The Labute approximate surface area is 118 Å². The van der Waals surface area contributed by atoms with Crippen LogP contribution < -0.4 is 11.1 Å². The van der Waals surface area contributed by atoms with Crippen LogP contribution in [-0.2, 0) is 17.9 Å². The number of nitrogens with zero attached hydrogens (tertiary/aromatic N) is 3. The Kier molecular flexibility index (Phi) is 4.24. The summed E-state index contributed by atoms with van der Waals surface area (Å²) in [7, 11) is 0. The van der Waals surface area contributed by atoms with Gasteiger partial charge < -0.3 is 16.2 Å². The Morgan fingerprint density at radius 1 is 1.43 bits per heavy atom. The van der Waals surface area contributed by atoms with Gasteiger partial charge in [-0.05, 0) is 12.1 Å². The molecule has 9 heteroatoms. The number of aromatic carboxylic acids is 1. The molecule has 21 heavy (non-hydrogen) atoms. The Morgan fingerprint density at radius 3 is 2.81 bits per heavy atom. The van der Waals surface area contributed by atoms with Crippen LogP contribution in [0.25, 0.3) is 0 Å². The molecular weight excluding hydrogens is 281 g/mol. The van der Waals surface area contributed by atoms with E-state index in [2.05, 4.69) is 15.6 Å². The monoisotopic (exact) mass is 293 g/mol. The molecule has 1 aromatic heterocycles. The van der Waals surface area contributed by atoms with E-state index >= 15 is 0 Å². The Bertz CT molecular complexity index is 685. The predicted molar refractivity (Wildman–Crippen MR) is 69.9 cm³/mol. The molecule has 0 saturated heterocycles. The number of hydrogen-bond acceptors (Lipinski definition) is 5. The number of carbonyl (C=O) groups excluding carboxylic acids is 1. The summed E-state index contributed by atoms with van der Waals surface area (Å²) >= 11 is 0. The van der Waals surface area contributed by atoms with Crippen LogP contribution in [0.5, 0.6) is 0 Å². The summed E-state index contributed by atoms with van der Waals surface area (Å²) in [5.74, 6) is -2.95. The third kappa shape index (κ3) is 3.39. The number of nitrogens with one attached hydrogen (secondary N) is 1. The minimum absolute atomic E-state index is 0.119. The lowest BCUT2D eigenvalue weighted by atomic mass is 10.1. The van der Waals surface area contributed by atoms with Gasteiger partial charge in [0, 0.05) is 6.54 Å². The van der Waals surface area contributed by atoms with Gasteiger partial charge >= 0.3 is 5.97 Å². The van der Waals surface area contributed by atoms with Gasteiger partial charge in [0.2, 0.25) is 5.91 Å². The van der Waals surface area contributed by atoms with Crippen LogP contribution in [0, 0.1) is 5.82 Å². The predicted octanol–water partition coefficient (Wildman–Crippen LogP) is 0.213. The molecule has 4 N–H and O–H groups in total. The van der Waals surface area contributed by atoms with E-state index in [-0.39, 0.29) is 18.8 Å². The number of aromatic nitrogens is 3. The molecule has 0 spiro atoms. The molecule has 2 rings (SSSR count). The highest BCUT2D eigenvalue weighted by molar-refractivity contribution is 6.00. The first kappa shape index (κ1) is 14.6. The molecule has 0 aliphatic rings. The molecule has 0 saturated carbocycles. The van der Waals surface area contributed by atoms with Crippen LogP contribution in [0.1, 0.15) is 16.1 Å².